The summed E-state index contributed by atoms with van der Waals surface area (Å²) in [6.07, 6.45) is 4.33. The highest BCUT2D eigenvalue weighted by Crippen LogP contribution is 2.44. The van der Waals surface area contributed by atoms with Crippen LogP contribution in [0.1, 0.15) is 91.2 Å². The van der Waals surface area contributed by atoms with Gasteiger partial charge >= 0.3 is 11.6 Å². The minimum Gasteiger partial charge on any atom is -0.508 e. The zero-order valence-corrected chi connectivity index (χ0v) is 34.5. The van der Waals surface area contributed by atoms with E-state index < -0.39 is 31.2 Å². The summed E-state index contributed by atoms with van der Waals surface area (Å²) in [5, 5.41) is 19.0. The Morgan fingerprint density at radius 3 is 2.45 bits per heavy atom. The minimum atomic E-state index is -2.27. The van der Waals surface area contributed by atoms with Crippen LogP contribution in [0, 0.1) is 24.2 Å². The third-order valence-electron chi connectivity index (χ3n) is 13.2. The summed E-state index contributed by atoms with van der Waals surface area (Å²) in [7, 11) is -0.334. The van der Waals surface area contributed by atoms with Crippen molar-refractivity contribution >= 4 is 35.6 Å². The Labute approximate surface area is 323 Å². The molecule has 0 spiro atoms. The molecule has 3 N–H and O–H groups in total. The maximum absolute atomic E-state index is 16.1. The highest BCUT2D eigenvalue weighted by Gasteiger charge is 2.49. The van der Waals surface area contributed by atoms with Crippen molar-refractivity contribution in [1.29, 1.82) is 0 Å². The fourth-order valence-corrected chi connectivity index (χ4v) is 15.2. The van der Waals surface area contributed by atoms with Gasteiger partial charge in [0, 0.05) is 41.6 Å². The summed E-state index contributed by atoms with van der Waals surface area (Å²) in [5.41, 5.74) is 4.74. The average Bonchev–Trinajstić information content (AvgIpc) is 3.64. The Morgan fingerprint density at radius 1 is 1.07 bits per heavy atom. The van der Waals surface area contributed by atoms with Crippen molar-refractivity contribution in [3.63, 3.8) is 0 Å². The first-order valence-electron chi connectivity index (χ1n) is 19.9. The second kappa shape index (κ2) is 14.8. The largest absolute Gasteiger partial charge is 0.508 e. The highest BCUT2D eigenvalue weighted by molar-refractivity contribution is 6.90. The van der Waals surface area contributed by atoms with Crippen LogP contribution in [-0.2, 0) is 0 Å². The zero-order chi connectivity index (χ0) is 39.4. The summed E-state index contributed by atoms with van der Waals surface area (Å²) in [6, 6.07) is 6.12. The molecule has 2 aromatic heterocycles. The van der Waals surface area contributed by atoms with Crippen molar-refractivity contribution in [2.75, 3.05) is 38.6 Å². The zero-order valence-electron chi connectivity index (χ0n) is 33.5. The summed E-state index contributed by atoms with van der Waals surface area (Å²) < 4.78 is 43.2. The Morgan fingerprint density at radius 2 is 1.80 bits per heavy atom. The van der Waals surface area contributed by atoms with Crippen LogP contribution in [0.3, 0.4) is 0 Å². The Kier molecular flexibility index (Phi) is 10.5. The molecule has 2 aromatic carbocycles. The summed E-state index contributed by atoms with van der Waals surface area (Å²) in [6.45, 7) is 17.0. The number of hydrogen-bond donors (Lipinski definition) is 3. The second-order valence-corrected chi connectivity index (χ2v) is 22.8. The lowest BCUT2D eigenvalue weighted by atomic mass is 9.77. The second-order valence-electron chi connectivity index (χ2n) is 17.2. The maximum atomic E-state index is 16.1. The molecule has 1 aliphatic carbocycles. The molecule has 3 fully saturated rings. The van der Waals surface area contributed by atoms with Crippen LogP contribution >= 0.6 is 0 Å². The number of ether oxygens (including phenoxy) is 1. The first-order chi connectivity index (χ1) is 26.1. The number of fused-ring (bicyclic) bond motifs is 3. The average molecular weight is 772 g/mol. The van der Waals surface area contributed by atoms with Gasteiger partial charge in [-0.1, -0.05) is 53.5 Å². The molecule has 1 saturated carbocycles. The van der Waals surface area contributed by atoms with Crippen LogP contribution in [0.4, 0.5) is 14.6 Å². The number of phenols is 1. The monoisotopic (exact) mass is 771 g/mol. The topological polar surface area (TPSA) is 113 Å². The third-order valence-corrected chi connectivity index (χ3v) is 19.5. The molecule has 7 rings (SSSR count). The molecule has 12 heteroatoms. The fraction of sp³-hybridized carbons (Fsp3) is 0.558. The predicted molar refractivity (Wildman–Crippen MR) is 218 cm³/mol. The van der Waals surface area contributed by atoms with Gasteiger partial charge in [0.25, 0.3) is 0 Å². The van der Waals surface area contributed by atoms with E-state index in [9.17, 15) is 14.3 Å². The van der Waals surface area contributed by atoms with Gasteiger partial charge in [-0.3, -0.25) is 4.90 Å². The Bertz CT molecular complexity index is 2220. The van der Waals surface area contributed by atoms with Gasteiger partial charge in [0.15, 0.2) is 0 Å². The van der Waals surface area contributed by atoms with Gasteiger partial charge < -0.3 is 24.9 Å². The van der Waals surface area contributed by atoms with E-state index in [1.165, 1.54) is 12.1 Å². The van der Waals surface area contributed by atoms with Gasteiger partial charge in [-0.15, -0.1) is 5.54 Å². The number of anilines is 1. The number of likely N-dealkylation sites (N-methyl/N-ethyl adjacent to an activating group) is 1. The summed E-state index contributed by atoms with van der Waals surface area (Å²) >= 11 is 0. The van der Waals surface area contributed by atoms with E-state index in [2.05, 4.69) is 68.5 Å². The molecule has 4 heterocycles. The SMILES string of the molecule is CNC1(CNc2nc(OC[C@@]34CCCN3C[C@H](F)C4)nc3c(C)c(-c4cc(O)cc5ccc(F)c(C#C[Si](C(C)C)(C(C)C)C(C)C)c45)oc(=O)c23)CCC1. The lowest BCUT2D eigenvalue weighted by Crippen LogP contribution is -2.54. The number of hydrogen-bond acceptors (Lipinski definition) is 9. The molecule has 2 aliphatic heterocycles. The van der Waals surface area contributed by atoms with E-state index in [-0.39, 0.29) is 46.4 Å². The molecule has 0 amide bonds. The van der Waals surface area contributed by atoms with E-state index in [0.29, 0.717) is 63.5 Å². The smallest absolute Gasteiger partial charge is 0.349 e. The van der Waals surface area contributed by atoms with Crippen LogP contribution in [0.15, 0.2) is 33.5 Å². The number of benzene rings is 2. The number of halogens is 2. The molecule has 2 atom stereocenters. The standard InChI is InChI=1S/C43H55F2N5O4Si/c1-25(2)55(26(3)4,27(5)6)18-13-32-34(45)12-11-29-19-31(51)20-33(35(29)32)38-28(7)37-36(40(52)54-38)39(47-23-42(46-8)14-9-15-42)49-41(48-37)53-24-43-16-10-17-50(43)22-30(44)21-43/h11-12,19-20,25-27,30,46,51H,9-10,14-17,21-24H2,1-8H3,(H,47,48,49)/t30-,43+/m1/s1. The molecule has 2 saturated heterocycles. The normalized spacial score (nSPS) is 21.0. The van der Waals surface area contributed by atoms with Crippen molar-refractivity contribution in [1.82, 2.24) is 20.2 Å². The first kappa shape index (κ1) is 39.2. The Hall–Kier alpha value is -4.05. The molecule has 0 unspecified atom stereocenters. The number of aromatic nitrogens is 2. The molecule has 9 nitrogen and oxygen atoms in total. The van der Waals surface area contributed by atoms with E-state index in [4.69, 9.17) is 19.1 Å². The molecule has 55 heavy (non-hydrogen) atoms. The Balaban J connectivity index is 1.41. The van der Waals surface area contributed by atoms with Crippen molar-refractivity contribution in [2.45, 2.75) is 121 Å². The van der Waals surface area contributed by atoms with Crippen LogP contribution in [0.2, 0.25) is 16.6 Å². The molecular weight excluding hydrogens is 717 g/mol. The van der Waals surface area contributed by atoms with Gasteiger partial charge in [0.05, 0.1) is 16.6 Å². The lowest BCUT2D eigenvalue weighted by Gasteiger charge is -2.42. The van der Waals surface area contributed by atoms with Gasteiger partial charge in [-0.2, -0.15) is 9.97 Å². The molecule has 3 aliphatic rings. The maximum Gasteiger partial charge on any atom is 0.349 e. The van der Waals surface area contributed by atoms with Crippen LogP contribution in [0.5, 0.6) is 11.8 Å². The number of nitrogens with zero attached hydrogens (tertiary/aromatic N) is 3. The van der Waals surface area contributed by atoms with E-state index in [1.54, 1.807) is 19.1 Å². The quantitative estimate of drug-likeness (QED) is 0.102. The lowest BCUT2D eigenvalue weighted by molar-refractivity contribution is 0.107. The number of phenolic OH excluding ortho intramolecular Hbond substituents is 1. The summed E-state index contributed by atoms with van der Waals surface area (Å²) in [5.74, 6) is 3.19. The molecule has 294 valence electrons. The summed E-state index contributed by atoms with van der Waals surface area (Å²) in [4.78, 5) is 25.9. The number of aryl methyl sites for hydroxylation is 1. The van der Waals surface area contributed by atoms with Gasteiger partial charge in [-0.25, -0.2) is 13.6 Å². The van der Waals surface area contributed by atoms with Gasteiger partial charge in [-0.05, 0) is 92.8 Å². The van der Waals surface area contributed by atoms with Crippen LogP contribution < -0.4 is 21.0 Å². The highest BCUT2D eigenvalue weighted by atomic mass is 28.3. The first-order valence-corrected chi connectivity index (χ1v) is 22.2. The minimum absolute atomic E-state index is 0.0690. The fourth-order valence-electron chi connectivity index (χ4n) is 10.0. The third kappa shape index (κ3) is 6.80. The van der Waals surface area contributed by atoms with Crippen LogP contribution in [0.25, 0.3) is 33.0 Å². The van der Waals surface area contributed by atoms with Crippen molar-refractivity contribution in [2.24, 2.45) is 0 Å². The number of alkyl halides is 1. The van der Waals surface area contributed by atoms with E-state index >= 15 is 4.39 Å². The number of rotatable bonds is 11. The molecule has 4 aromatic rings. The predicted octanol–water partition coefficient (Wildman–Crippen LogP) is 8.64. The molecular formula is C43H55F2N5O4Si. The molecule has 0 bridgehead atoms. The van der Waals surface area contributed by atoms with Crippen molar-refractivity contribution < 1.29 is 23.0 Å². The van der Waals surface area contributed by atoms with Crippen LogP contribution in [-0.4, -0.2) is 78.6 Å². The van der Waals surface area contributed by atoms with Crippen molar-refractivity contribution in [3.8, 4) is 34.5 Å². The van der Waals surface area contributed by atoms with Gasteiger partial charge in [0.1, 0.15) is 49.4 Å². The number of aromatic hydroxyl groups is 1. The molecule has 0 radical (unpaired) electrons. The van der Waals surface area contributed by atoms with Gasteiger partial charge in [0.2, 0.25) is 0 Å². The van der Waals surface area contributed by atoms with E-state index in [1.807, 2.05) is 7.05 Å². The van der Waals surface area contributed by atoms with Crippen molar-refractivity contribution in [3.05, 3.63) is 51.6 Å². The number of nitrogens with one attached hydrogen (secondary N) is 2. The van der Waals surface area contributed by atoms with E-state index in [0.717, 1.165) is 38.6 Å².